The predicted molar refractivity (Wildman–Crippen MR) is 83.6 cm³/mol. The molecule has 2 amide bonds. The fraction of sp³-hybridized carbons (Fsp3) is 0.250. The molecule has 3 rings (SSSR count). The zero-order valence-electron chi connectivity index (χ0n) is 11.7. The first-order chi connectivity index (χ1) is 10.1. The summed E-state index contributed by atoms with van der Waals surface area (Å²) >= 11 is 1.50. The number of rotatable bonds is 2. The van der Waals surface area contributed by atoms with Gasteiger partial charge in [0, 0.05) is 17.1 Å². The van der Waals surface area contributed by atoms with Gasteiger partial charge in [0.1, 0.15) is 0 Å². The first kappa shape index (κ1) is 13.8. The zero-order valence-corrected chi connectivity index (χ0v) is 12.5. The van der Waals surface area contributed by atoms with E-state index in [4.69, 9.17) is 5.73 Å². The van der Waals surface area contributed by atoms with Crippen molar-refractivity contribution in [2.24, 2.45) is 5.73 Å². The maximum atomic E-state index is 12.7. The second kappa shape index (κ2) is 5.33. The third-order valence-corrected chi connectivity index (χ3v) is 4.60. The highest BCUT2D eigenvalue weighted by Gasteiger charge is 2.36. The van der Waals surface area contributed by atoms with Gasteiger partial charge in [0.25, 0.3) is 5.91 Å². The van der Waals surface area contributed by atoms with E-state index in [1.54, 1.807) is 4.90 Å². The molecule has 2 N–H and O–H groups in total. The molecule has 0 radical (unpaired) electrons. The van der Waals surface area contributed by atoms with Crippen LogP contribution in [0.1, 0.15) is 35.2 Å². The van der Waals surface area contributed by atoms with Crippen LogP contribution in [0.3, 0.4) is 0 Å². The van der Waals surface area contributed by atoms with E-state index < -0.39 is 0 Å². The van der Waals surface area contributed by atoms with Crippen LogP contribution in [-0.4, -0.2) is 17.9 Å². The Hall–Kier alpha value is -2.14. The van der Waals surface area contributed by atoms with E-state index in [1.165, 1.54) is 11.3 Å². The molecular formula is C16H16N2O2S. The van der Waals surface area contributed by atoms with Crippen LogP contribution in [-0.2, 0) is 4.79 Å². The van der Waals surface area contributed by atoms with E-state index in [0.29, 0.717) is 12.0 Å². The molecule has 1 aromatic heterocycles. The number of hydrogen-bond acceptors (Lipinski definition) is 3. The van der Waals surface area contributed by atoms with Crippen molar-refractivity contribution >= 4 is 28.8 Å². The lowest BCUT2D eigenvalue weighted by Gasteiger charge is -2.38. The van der Waals surface area contributed by atoms with Crippen LogP contribution in [0.15, 0.2) is 41.1 Å². The van der Waals surface area contributed by atoms with Gasteiger partial charge in [-0.1, -0.05) is 18.2 Å². The molecule has 4 nitrogen and oxygen atoms in total. The summed E-state index contributed by atoms with van der Waals surface area (Å²) in [5, 5.41) is 3.73. The minimum Gasteiger partial charge on any atom is -0.369 e. The smallest absolute Gasteiger partial charge is 0.259 e. The van der Waals surface area contributed by atoms with E-state index in [2.05, 4.69) is 0 Å². The maximum Gasteiger partial charge on any atom is 0.259 e. The Morgan fingerprint density at radius 1 is 1.29 bits per heavy atom. The molecule has 1 aliphatic rings. The molecule has 0 spiro atoms. The topological polar surface area (TPSA) is 63.4 Å². The summed E-state index contributed by atoms with van der Waals surface area (Å²) in [5.41, 5.74) is 7.83. The molecule has 0 bridgehead atoms. The number of nitrogens with two attached hydrogens (primary N) is 1. The number of primary amides is 1. The van der Waals surface area contributed by atoms with Gasteiger partial charge >= 0.3 is 0 Å². The van der Waals surface area contributed by atoms with Crippen molar-refractivity contribution in [3.8, 4) is 0 Å². The lowest BCUT2D eigenvalue weighted by atomic mass is 9.85. The molecular weight excluding hydrogens is 284 g/mol. The van der Waals surface area contributed by atoms with E-state index >= 15 is 0 Å². The normalized spacial score (nSPS) is 20.9. The molecule has 2 heterocycles. The van der Waals surface area contributed by atoms with Crippen LogP contribution in [0, 0.1) is 0 Å². The highest BCUT2D eigenvalue weighted by atomic mass is 32.1. The van der Waals surface area contributed by atoms with Crippen LogP contribution in [0.25, 0.3) is 0 Å². The van der Waals surface area contributed by atoms with Crippen LogP contribution < -0.4 is 10.6 Å². The lowest BCUT2D eigenvalue weighted by Crippen LogP contribution is -2.45. The molecule has 0 aliphatic carbocycles. The van der Waals surface area contributed by atoms with Gasteiger partial charge in [0.15, 0.2) is 0 Å². The molecule has 21 heavy (non-hydrogen) atoms. The third-order valence-electron chi connectivity index (χ3n) is 3.92. The van der Waals surface area contributed by atoms with Gasteiger partial charge in [0.05, 0.1) is 11.5 Å². The van der Waals surface area contributed by atoms with Crippen molar-refractivity contribution in [3.05, 3.63) is 52.2 Å². The Labute approximate surface area is 127 Å². The van der Waals surface area contributed by atoms with Gasteiger partial charge in [-0.05, 0) is 36.4 Å². The SMILES string of the molecule is C[C@@H]1C[C@H](C(N)=O)c2ccccc2N1C(=O)c1ccsc1. The third kappa shape index (κ3) is 2.34. The Balaban J connectivity index is 2.07. The van der Waals surface area contributed by atoms with Crippen molar-refractivity contribution < 1.29 is 9.59 Å². The molecule has 2 atom stereocenters. The molecule has 0 saturated heterocycles. The number of anilines is 1. The van der Waals surface area contributed by atoms with E-state index in [0.717, 1.165) is 11.3 Å². The number of fused-ring (bicyclic) bond motifs is 1. The van der Waals surface area contributed by atoms with Crippen molar-refractivity contribution in [2.45, 2.75) is 25.3 Å². The number of carbonyl (C=O) groups excluding carboxylic acids is 2. The molecule has 108 valence electrons. The van der Waals surface area contributed by atoms with E-state index in [-0.39, 0.29) is 23.8 Å². The predicted octanol–water partition coefficient (Wildman–Crippen LogP) is 2.76. The van der Waals surface area contributed by atoms with Gasteiger partial charge < -0.3 is 10.6 Å². The van der Waals surface area contributed by atoms with Crippen molar-refractivity contribution in [3.63, 3.8) is 0 Å². The summed E-state index contributed by atoms with van der Waals surface area (Å²) in [6, 6.07) is 9.27. The Morgan fingerprint density at radius 3 is 2.71 bits per heavy atom. The quantitative estimate of drug-likeness (QED) is 0.927. The van der Waals surface area contributed by atoms with E-state index in [1.807, 2.05) is 48.0 Å². The number of hydrogen-bond donors (Lipinski definition) is 1. The highest BCUT2D eigenvalue weighted by molar-refractivity contribution is 7.08. The number of para-hydroxylation sites is 1. The Morgan fingerprint density at radius 2 is 2.05 bits per heavy atom. The van der Waals surface area contributed by atoms with Crippen molar-refractivity contribution in [2.75, 3.05) is 4.90 Å². The highest BCUT2D eigenvalue weighted by Crippen LogP contribution is 2.39. The van der Waals surface area contributed by atoms with Gasteiger partial charge in [-0.15, -0.1) is 0 Å². The largest absolute Gasteiger partial charge is 0.369 e. The Kier molecular flexibility index (Phi) is 3.51. The van der Waals surface area contributed by atoms with Crippen LogP contribution in [0.4, 0.5) is 5.69 Å². The number of nitrogens with zero attached hydrogens (tertiary/aromatic N) is 1. The van der Waals surface area contributed by atoms with E-state index in [9.17, 15) is 9.59 Å². The first-order valence-electron chi connectivity index (χ1n) is 6.83. The minimum absolute atomic E-state index is 0.0286. The standard InChI is InChI=1S/C16H16N2O2S/c1-10-8-13(15(17)19)12-4-2-3-5-14(12)18(10)16(20)11-6-7-21-9-11/h2-7,9-10,13H,8H2,1H3,(H2,17,19)/t10-,13+/m1/s1. The minimum atomic E-state index is -0.336. The van der Waals surface area contributed by atoms with Crippen LogP contribution >= 0.6 is 11.3 Å². The summed E-state index contributed by atoms with van der Waals surface area (Å²) in [7, 11) is 0. The molecule has 0 fully saturated rings. The molecule has 0 unspecified atom stereocenters. The molecule has 0 saturated carbocycles. The number of amides is 2. The van der Waals surface area contributed by atoms with Gasteiger partial charge in [-0.25, -0.2) is 0 Å². The van der Waals surface area contributed by atoms with Gasteiger partial charge in [-0.2, -0.15) is 11.3 Å². The Bertz CT molecular complexity index is 681. The van der Waals surface area contributed by atoms with Gasteiger partial charge in [-0.3, -0.25) is 9.59 Å². The molecule has 1 aromatic carbocycles. The number of thiophene rings is 1. The summed E-state index contributed by atoms with van der Waals surface area (Å²) in [4.78, 5) is 26.2. The summed E-state index contributed by atoms with van der Waals surface area (Å²) in [6.07, 6.45) is 0.558. The van der Waals surface area contributed by atoms with Crippen molar-refractivity contribution in [1.29, 1.82) is 0 Å². The molecule has 2 aromatic rings. The fourth-order valence-electron chi connectivity index (χ4n) is 2.92. The second-order valence-corrected chi connectivity index (χ2v) is 6.07. The summed E-state index contributed by atoms with van der Waals surface area (Å²) in [6.45, 7) is 1.95. The average Bonchev–Trinajstić information content (AvgIpc) is 3.00. The monoisotopic (exact) mass is 300 g/mol. The summed E-state index contributed by atoms with van der Waals surface area (Å²) < 4.78 is 0. The first-order valence-corrected chi connectivity index (χ1v) is 7.78. The van der Waals surface area contributed by atoms with Crippen molar-refractivity contribution in [1.82, 2.24) is 0 Å². The lowest BCUT2D eigenvalue weighted by molar-refractivity contribution is -0.119. The average molecular weight is 300 g/mol. The van der Waals surface area contributed by atoms with Crippen LogP contribution in [0.2, 0.25) is 0 Å². The zero-order chi connectivity index (χ0) is 15.0. The fourth-order valence-corrected chi connectivity index (χ4v) is 3.55. The van der Waals surface area contributed by atoms with Crippen LogP contribution in [0.5, 0.6) is 0 Å². The molecule has 5 heteroatoms. The number of benzene rings is 1. The molecule has 1 aliphatic heterocycles. The maximum absolute atomic E-state index is 12.7. The second-order valence-electron chi connectivity index (χ2n) is 5.29. The number of carbonyl (C=O) groups is 2. The summed E-state index contributed by atoms with van der Waals surface area (Å²) in [5.74, 6) is -0.696. The van der Waals surface area contributed by atoms with Gasteiger partial charge in [0.2, 0.25) is 5.91 Å².